The average Bonchev–Trinajstić information content (AvgIpc) is 3.65. The van der Waals surface area contributed by atoms with Crippen LogP contribution in [0.4, 0.5) is 4.39 Å². The highest BCUT2D eigenvalue weighted by Gasteiger charge is 2.57. The van der Waals surface area contributed by atoms with E-state index in [1.165, 1.54) is 57.8 Å². The molecule has 1 aromatic carbocycles. The van der Waals surface area contributed by atoms with Gasteiger partial charge in [-0.15, -0.1) is 0 Å². The van der Waals surface area contributed by atoms with E-state index in [4.69, 9.17) is 14.3 Å². The molecule has 3 heterocycles. The predicted octanol–water partition coefficient (Wildman–Crippen LogP) is 8.97. The molecule has 258 valence electrons. The van der Waals surface area contributed by atoms with Crippen LogP contribution in [0.15, 0.2) is 41.7 Å². The van der Waals surface area contributed by atoms with Gasteiger partial charge in [0.15, 0.2) is 12.5 Å². The molecular weight excluding hydrogens is 599 g/mol. The Hall–Kier alpha value is -3.36. The van der Waals surface area contributed by atoms with Crippen LogP contribution in [-0.4, -0.2) is 46.5 Å². The van der Waals surface area contributed by atoms with Gasteiger partial charge >= 0.3 is 11.9 Å². The quantitative estimate of drug-likeness (QED) is 0.0979. The Bertz CT molecular complexity index is 1370. The molecule has 0 bridgehead atoms. The number of esters is 2. The summed E-state index contributed by atoms with van der Waals surface area (Å²) in [6.45, 7) is 4.74. The highest BCUT2D eigenvalue weighted by atomic mass is 19.1. The molecule has 1 fully saturated rings. The van der Waals surface area contributed by atoms with Crippen LogP contribution in [0.25, 0.3) is 10.8 Å². The maximum absolute atomic E-state index is 14.6. The Morgan fingerprint density at radius 2 is 1.60 bits per heavy atom. The number of oxime groups is 1. The van der Waals surface area contributed by atoms with Gasteiger partial charge in [-0.25, -0.2) is 4.39 Å². The van der Waals surface area contributed by atoms with E-state index >= 15 is 0 Å². The molecule has 0 spiro atoms. The number of alkyl halides is 1. The first-order chi connectivity index (χ1) is 22.7. The van der Waals surface area contributed by atoms with E-state index in [1.807, 2.05) is 44.2 Å². The molecule has 0 amide bonds. The minimum absolute atomic E-state index is 0.103. The highest BCUT2D eigenvalue weighted by Crippen LogP contribution is 2.42. The predicted molar refractivity (Wildman–Crippen MR) is 180 cm³/mol. The van der Waals surface area contributed by atoms with E-state index in [2.05, 4.69) is 17.1 Å². The van der Waals surface area contributed by atoms with E-state index in [9.17, 15) is 18.8 Å². The molecule has 4 rings (SSSR count). The number of halogens is 1. The van der Waals surface area contributed by atoms with Crippen molar-refractivity contribution in [3.63, 3.8) is 0 Å². The Labute approximate surface area is 279 Å². The van der Waals surface area contributed by atoms with E-state index in [1.54, 1.807) is 6.20 Å². The zero-order valence-electron chi connectivity index (χ0n) is 28.6. The standard InChI is InChI=1S/C38H53FN2O6/c1-4-5-6-7-8-9-10-11-12-13-14-15-16-21-34(43)45-38(27-39)30(25-35(44)46-38)24-33(42)37(28(2)3)26-32(41-47-37)36-31-20-18-17-19-29(31)22-23-40-36/h17-20,22-23,28,30H,4-16,21,24-27H2,1-3H3/t30-,37+,38+/m0/s1. The van der Waals surface area contributed by atoms with Gasteiger partial charge in [0, 0.05) is 36.8 Å². The second-order valence-corrected chi connectivity index (χ2v) is 13.6. The summed E-state index contributed by atoms with van der Waals surface area (Å²) in [5.74, 6) is -5.04. The van der Waals surface area contributed by atoms with Gasteiger partial charge in [0.05, 0.1) is 18.0 Å². The first-order valence-electron chi connectivity index (χ1n) is 17.9. The number of Topliss-reactive ketones (excluding diaryl/α,β-unsaturated/α-hetero) is 1. The molecule has 1 aromatic heterocycles. The van der Waals surface area contributed by atoms with Gasteiger partial charge in [-0.2, -0.15) is 0 Å². The maximum atomic E-state index is 14.6. The van der Waals surface area contributed by atoms with Crippen LogP contribution in [-0.2, 0) is 28.7 Å². The molecule has 2 aromatic rings. The molecule has 9 heteroatoms. The largest absolute Gasteiger partial charge is 0.419 e. The Morgan fingerprint density at radius 1 is 0.957 bits per heavy atom. The molecule has 0 saturated carbocycles. The number of carbonyl (C=O) groups excluding carboxylic acids is 3. The average molecular weight is 653 g/mol. The molecule has 3 atom stereocenters. The third kappa shape index (κ3) is 9.38. The smallest absolute Gasteiger partial charge is 0.309 e. The number of rotatable bonds is 21. The Balaban J connectivity index is 1.26. The maximum Gasteiger partial charge on any atom is 0.309 e. The molecule has 8 nitrogen and oxygen atoms in total. The summed E-state index contributed by atoms with van der Waals surface area (Å²) >= 11 is 0. The van der Waals surface area contributed by atoms with Crippen molar-refractivity contribution in [2.24, 2.45) is 17.0 Å². The second kappa shape index (κ2) is 17.7. The van der Waals surface area contributed by atoms with Gasteiger partial charge in [-0.1, -0.05) is 127 Å². The summed E-state index contributed by atoms with van der Waals surface area (Å²) in [7, 11) is 0. The molecule has 2 aliphatic heterocycles. The third-order valence-electron chi connectivity index (χ3n) is 9.81. The normalized spacial score (nSPS) is 22.4. The van der Waals surface area contributed by atoms with Gasteiger partial charge in [-0.05, 0) is 17.9 Å². The number of nitrogens with zero attached hydrogens (tertiary/aromatic N) is 2. The van der Waals surface area contributed by atoms with Crippen LogP contribution in [0.1, 0.15) is 136 Å². The minimum Gasteiger partial charge on any atom is -0.419 e. The molecule has 2 aliphatic rings. The number of ether oxygens (including phenoxy) is 2. The number of carbonyl (C=O) groups is 3. The Morgan fingerprint density at radius 3 is 2.23 bits per heavy atom. The van der Waals surface area contributed by atoms with Gasteiger partial charge in [0.2, 0.25) is 5.60 Å². The first kappa shape index (κ1) is 36.5. The highest BCUT2D eigenvalue weighted by molar-refractivity contribution is 6.12. The molecule has 0 radical (unpaired) electrons. The number of aromatic nitrogens is 1. The number of cyclic esters (lactones) is 1. The summed E-state index contributed by atoms with van der Waals surface area (Å²) in [4.78, 5) is 49.6. The molecule has 0 N–H and O–H groups in total. The topological polar surface area (TPSA) is 104 Å². The van der Waals surface area contributed by atoms with Gasteiger partial charge in [0.1, 0.15) is 5.71 Å². The Kier molecular flexibility index (Phi) is 13.7. The fourth-order valence-electron chi connectivity index (χ4n) is 6.80. The molecule has 0 aliphatic carbocycles. The summed E-state index contributed by atoms with van der Waals surface area (Å²) in [6.07, 6.45) is 16.8. The zero-order chi connectivity index (χ0) is 33.7. The number of unbranched alkanes of at least 4 members (excludes halogenated alkanes) is 12. The number of hydrogen-bond acceptors (Lipinski definition) is 8. The van der Waals surface area contributed by atoms with Gasteiger partial charge < -0.3 is 14.3 Å². The van der Waals surface area contributed by atoms with Crippen LogP contribution in [0.2, 0.25) is 0 Å². The van der Waals surface area contributed by atoms with Crippen molar-refractivity contribution in [1.29, 1.82) is 0 Å². The molecule has 47 heavy (non-hydrogen) atoms. The van der Waals surface area contributed by atoms with Crippen LogP contribution in [0.5, 0.6) is 0 Å². The number of benzene rings is 1. The monoisotopic (exact) mass is 652 g/mol. The number of pyridine rings is 1. The zero-order valence-corrected chi connectivity index (χ0v) is 28.6. The fraction of sp³-hybridized carbons (Fsp3) is 0.658. The lowest BCUT2D eigenvalue weighted by Gasteiger charge is -2.33. The van der Waals surface area contributed by atoms with Crippen molar-refractivity contribution in [2.75, 3.05) is 6.67 Å². The second-order valence-electron chi connectivity index (χ2n) is 13.6. The molecular formula is C38H53FN2O6. The number of ketones is 1. The van der Waals surface area contributed by atoms with Crippen molar-refractivity contribution in [3.05, 3.63) is 42.2 Å². The lowest BCUT2D eigenvalue weighted by Crippen LogP contribution is -2.49. The SMILES string of the molecule is CCCCCCCCCCCCCCCC(=O)O[C@]1(CF)OC(=O)C[C@@H]1CC(=O)[C@]1(C(C)C)CC(c2nccc3ccccc23)=NO1. The lowest BCUT2D eigenvalue weighted by atomic mass is 9.77. The summed E-state index contributed by atoms with van der Waals surface area (Å²) in [5, 5.41) is 6.19. The fourth-order valence-corrected chi connectivity index (χ4v) is 6.80. The van der Waals surface area contributed by atoms with Crippen molar-refractivity contribution in [1.82, 2.24) is 4.98 Å². The number of fused-ring (bicyclic) bond motifs is 1. The summed E-state index contributed by atoms with van der Waals surface area (Å²) in [6, 6.07) is 9.68. The lowest BCUT2D eigenvalue weighted by molar-refractivity contribution is -0.232. The van der Waals surface area contributed by atoms with Crippen molar-refractivity contribution in [3.8, 4) is 0 Å². The summed E-state index contributed by atoms with van der Waals surface area (Å²) < 4.78 is 25.5. The third-order valence-corrected chi connectivity index (χ3v) is 9.81. The van der Waals surface area contributed by atoms with Crippen LogP contribution >= 0.6 is 0 Å². The molecule has 1 saturated heterocycles. The first-order valence-corrected chi connectivity index (χ1v) is 17.9. The van der Waals surface area contributed by atoms with Crippen LogP contribution in [0, 0.1) is 11.8 Å². The number of hydrogen-bond donors (Lipinski definition) is 0. The molecule has 0 unspecified atom stereocenters. The van der Waals surface area contributed by atoms with Crippen LogP contribution < -0.4 is 0 Å². The van der Waals surface area contributed by atoms with Crippen LogP contribution in [0.3, 0.4) is 0 Å². The van der Waals surface area contributed by atoms with Crippen molar-refractivity contribution >= 4 is 34.2 Å². The summed E-state index contributed by atoms with van der Waals surface area (Å²) in [5.41, 5.74) is -0.151. The van der Waals surface area contributed by atoms with E-state index < -0.39 is 35.9 Å². The van der Waals surface area contributed by atoms with Gasteiger partial charge in [-0.3, -0.25) is 19.4 Å². The van der Waals surface area contributed by atoms with E-state index in [0.29, 0.717) is 17.8 Å². The van der Waals surface area contributed by atoms with E-state index in [-0.39, 0.29) is 37.4 Å². The van der Waals surface area contributed by atoms with Crippen molar-refractivity contribution in [2.45, 2.75) is 141 Å². The van der Waals surface area contributed by atoms with Crippen molar-refractivity contribution < 1.29 is 33.1 Å². The van der Waals surface area contributed by atoms with Gasteiger partial charge in [0.25, 0.3) is 5.79 Å². The van der Waals surface area contributed by atoms with E-state index in [0.717, 1.165) is 30.0 Å². The minimum atomic E-state index is -2.11.